The molecule has 0 unspecified atom stereocenters. The van der Waals surface area contributed by atoms with Gasteiger partial charge in [0.2, 0.25) is 5.76 Å². The Morgan fingerprint density at radius 2 is 1.97 bits per heavy atom. The highest BCUT2D eigenvalue weighted by molar-refractivity contribution is 6.36. The number of furan rings is 1. The highest BCUT2D eigenvalue weighted by Gasteiger charge is 2.12. The first-order chi connectivity index (χ1) is 14.4. The van der Waals surface area contributed by atoms with Crippen LogP contribution in [0.4, 0.5) is 0 Å². The van der Waals surface area contributed by atoms with Gasteiger partial charge in [-0.3, -0.25) is 0 Å². The standard InChI is InChI=1S/C22H15Cl2NO5/c1-28-21-9-13(8-14(11-25)17-5-3-15(23)10-18(17)24)2-6-19(21)29-12-16-4-7-20(30-16)22(26)27/h2-10H,12H2,1H3,(H,26,27). The molecule has 2 aromatic carbocycles. The largest absolute Gasteiger partial charge is 0.493 e. The van der Waals surface area contributed by atoms with Crippen LogP contribution in [0.3, 0.4) is 0 Å². The van der Waals surface area contributed by atoms with Crippen molar-refractivity contribution < 1.29 is 23.8 Å². The van der Waals surface area contributed by atoms with Crippen molar-refractivity contribution in [2.75, 3.05) is 7.11 Å². The molecule has 6 nitrogen and oxygen atoms in total. The first-order valence-electron chi connectivity index (χ1n) is 8.61. The van der Waals surface area contributed by atoms with E-state index in [2.05, 4.69) is 6.07 Å². The molecule has 8 heteroatoms. The molecule has 0 bridgehead atoms. The Bertz CT molecular complexity index is 1160. The van der Waals surface area contributed by atoms with Crippen LogP contribution in [0.1, 0.15) is 27.4 Å². The molecule has 0 aliphatic carbocycles. The lowest BCUT2D eigenvalue weighted by Crippen LogP contribution is -1.97. The molecule has 0 aliphatic rings. The number of allylic oxidation sites excluding steroid dienone is 1. The van der Waals surface area contributed by atoms with Crippen molar-refractivity contribution in [3.63, 3.8) is 0 Å². The van der Waals surface area contributed by atoms with E-state index in [0.717, 1.165) is 0 Å². The smallest absolute Gasteiger partial charge is 0.371 e. The summed E-state index contributed by atoms with van der Waals surface area (Å²) in [4.78, 5) is 10.9. The zero-order valence-corrected chi connectivity index (χ0v) is 17.2. The Balaban J connectivity index is 1.82. The Kier molecular flexibility index (Phi) is 6.68. The second-order valence-electron chi connectivity index (χ2n) is 6.06. The van der Waals surface area contributed by atoms with Crippen molar-refractivity contribution in [3.05, 3.63) is 81.2 Å². The number of nitrogens with zero attached hydrogens (tertiary/aromatic N) is 1. The predicted molar refractivity (Wildman–Crippen MR) is 113 cm³/mol. The lowest BCUT2D eigenvalue weighted by atomic mass is 10.0. The molecule has 3 aromatic rings. The highest BCUT2D eigenvalue weighted by atomic mass is 35.5. The van der Waals surface area contributed by atoms with Gasteiger partial charge in [0.1, 0.15) is 12.4 Å². The molecule has 0 spiro atoms. The summed E-state index contributed by atoms with van der Waals surface area (Å²) in [6.45, 7) is 0.0304. The van der Waals surface area contributed by atoms with Gasteiger partial charge in [-0.1, -0.05) is 35.3 Å². The first kappa shape index (κ1) is 21.3. The van der Waals surface area contributed by atoms with Gasteiger partial charge in [-0.2, -0.15) is 5.26 Å². The minimum Gasteiger partial charge on any atom is -0.493 e. The van der Waals surface area contributed by atoms with Gasteiger partial charge < -0.3 is 19.0 Å². The summed E-state index contributed by atoms with van der Waals surface area (Å²) in [5.74, 6) is -0.0724. The molecule has 1 aromatic heterocycles. The summed E-state index contributed by atoms with van der Waals surface area (Å²) in [6.07, 6.45) is 1.67. The number of methoxy groups -OCH3 is 1. The molecule has 0 aliphatic heterocycles. The number of ether oxygens (including phenoxy) is 2. The molecule has 1 heterocycles. The van der Waals surface area contributed by atoms with Crippen LogP contribution in [0.15, 0.2) is 52.9 Å². The average molecular weight is 444 g/mol. The predicted octanol–water partition coefficient (Wildman–Crippen LogP) is 5.94. The minimum atomic E-state index is -1.15. The van der Waals surface area contributed by atoms with E-state index in [9.17, 15) is 10.1 Å². The number of hydrogen-bond donors (Lipinski definition) is 1. The van der Waals surface area contributed by atoms with E-state index in [4.69, 9.17) is 42.2 Å². The second-order valence-corrected chi connectivity index (χ2v) is 6.91. The van der Waals surface area contributed by atoms with Gasteiger partial charge in [0.25, 0.3) is 0 Å². The molecule has 0 amide bonds. The maximum Gasteiger partial charge on any atom is 0.371 e. The van der Waals surface area contributed by atoms with Crippen molar-refractivity contribution in [2.24, 2.45) is 0 Å². The minimum absolute atomic E-state index is 0.0304. The third-order valence-electron chi connectivity index (χ3n) is 4.08. The highest BCUT2D eigenvalue weighted by Crippen LogP contribution is 2.32. The Morgan fingerprint density at radius 1 is 1.17 bits per heavy atom. The number of aromatic carboxylic acids is 1. The lowest BCUT2D eigenvalue weighted by Gasteiger charge is -2.11. The van der Waals surface area contributed by atoms with Crippen molar-refractivity contribution in [1.29, 1.82) is 5.26 Å². The molecule has 0 fully saturated rings. The van der Waals surface area contributed by atoms with Gasteiger partial charge in [0, 0.05) is 10.6 Å². The molecule has 30 heavy (non-hydrogen) atoms. The molecule has 0 saturated heterocycles. The van der Waals surface area contributed by atoms with Crippen LogP contribution in [-0.4, -0.2) is 18.2 Å². The van der Waals surface area contributed by atoms with Crippen LogP contribution < -0.4 is 9.47 Å². The van der Waals surface area contributed by atoms with Crippen molar-refractivity contribution >= 4 is 40.8 Å². The van der Waals surface area contributed by atoms with Gasteiger partial charge in [0.15, 0.2) is 11.5 Å². The fourth-order valence-corrected chi connectivity index (χ4v) is 3.17. The summed E-state index contributed by atoms with van der Waals surface area (Å²) in [5.41, 5.74) is 1.63. The number of carboxylic acid groups (broad SMARTS) is 1. The van der Waals surface area contributed by atoms with Crippen molar-refractivity contribution in [1.82, 2.24) is 0 Å². The Labute approximate surface area is 182 Å². The van der Waals surface area contributed by atoms with Gasteiger partial charge in [-0.05, 0) is 48.0 Å². The summed E-state index contributed by atoms with van der Waals surface area (Å²) in [6, 6.07) is 15.1. The summed E-state index contributed by atoms with van der Waals surface area (Å²) >= 11 is 12.1. The first-order valence-corrected chi connectivity index (χ1v) is 9.37. The summed E-state index contributed by atoms with van der Waals surface area (Å²) < 4.78 is 16.2. The van der Waals surface area contributed by atoms with E-state index < -0.39 is 5.97 Å². The zero-order valence-electron chi connectivity index (χ0n) is 15.7. The molecule has 1 N–H and O–H groups in total. The fraction of sp³-hybridized carbons (Fsp3) is 0.0909. The monoisotopic (exact) mass is 443 g/mol. The van der Waals surface area contributed by atoms with Crippen LogP contribution >= 0.6 is 23.2 Å². The third-order valence-corrected chi connectivity index (χ3v) is 4.63. The fourth-order valence-electron chi connectivity index (χ4n) is 2.66. The number of hydrogen-bond acceptors (Lipinski definition) is 5. The second kappa shape index (κ2) is 9.40. The normalized spacial score (nSPS) is 11.1. The van der Waals surface area contributed by atoms with Gasteiger partial charge in [-0.25, -0.2) is 4.79 Å². The van der Waals surface area contributed by atoms with E-state index in [1.807, 2.05) is 0 Å². The van der Waals surface area contributed by atoms with Crippen LogP contribution in [0.2, 0.25) is 10.0 Å². The number of halogens is 2. The Hall–Kier alpha value is -3.40. The van der Waals surface area contributed by atoms with Crippen LogP contribution in [0, 0.1) is 11.3 Å². The van der Waals surface area contributed by atoms with E-state index in [1.54, 1.807) is 42.5 Å². The molecule has 3 rings (SSSR count). The molecule has 152 valence electrons. The Morgan fingerprint density at radius 3 is 2.60 bits per heavy atom. The number of rotatable bonds is 7. The summed E-state index contributed by atoms with van der Waals surface area (Å²) in [5, 5.41) is 19.3. The molecule has 0 saturated carbocycles. The number of carboxylic acids is 1. The van der Waals surface area contributed by atoms with Crippen LogP contribution in [-0.2, 0) is 6.61 Å². The zero-order chi connectivity index (χ0) is 21.7. The number of benzene rings is 2. The number of carbonyl (C=O) groups is 1. The molecule has 0 atom stereocenters. The van der Waals surface area contributed by atoms with Crippen molar-refractivity contribution in [2.45, 2.75) is 6.61 Å². The van der Waals surface area contributed by atoms with Crippen molar-refractivity contribution in [3.8, 4) is 17.6 Å². The maximum atomic E-state index is 10.9. The SMILES string of the molecule is COc1cc(C=C(C#N)c2ccc(Cl)cc2Cl)ccc1OCc1ccc(C(=O)O)o1. The van der Waals surface area contributed by atoms with Gasteiger partial charge >= 0.3 is 5.97 Å². The quantitative estimate of drug-likeness (QED) is 0.358. The molecule has 0 radical (unpaired) electrons. The van der Waals surface area contributed by atoms with E-state index in [-0.39, 0.29) is 12.4 Å². The average Bonchev–Trinajstić information content (AvgIpc) is 3.20. The summed E-state index contributed by atoms with van der Waals surface area (Å²) in [7, 11) is 1.49. The van der Waals surface area contributed by atoms with E-state index in [1.165, 1.54) is 19.2 Å². The van der Waals surface area contributed by atoms with Crippen LogP contribution in [0.25, 0.3) is 11.6 Å². The maximum absolute atomic E-state index is 10.9. The van der Waals surface area contributed by atoms with Crippen LogP contribution in [0.5, 0.6) is 11.5 Å². The molecular weight excluding hydrogens is 429 g/mol. The topological polar surface area (TPSA) is 92.7 Å². The molecular formula is C22H15Cl2NO5. The van der Waals surface area contributed by atoms with Gasteiger partial charge in [-0.15, -0.1) is 0 Å². The van der Waals surface area contributed by atoms with E-state index in [0.29, 0.717) is 44.0 Å². The lowest BCUT2D eigenvalue weighted by molar-refractivity contribution is 0.0658. The van der Waals surface area contributed by atoms with E-state index >= 15 is 0 Å². The third kappa shape index (κ3) is 4.95. The number of nitriles is 1. The van der Waals surface area contributed by atoms with Gasteiger partial charge in [0.05, 0.1) is 23.8 Å².